The van der Waals surface area contributed by atoms with Crippen molar-refractivity contribution in [1.82, 2.24) is 25.5 Å². The lowest BCUT2D eigenvalue weighted by Gasteiger charge is -1.97. The summed E-state index contributed by atoms with van der Waals surface area (Å²) in [5.41, 5.74) is 0.803. The lowest BCUT2D eigenvalue weighted by Crippen LogP contribution is -2.07. The van der Waals surface area contributed by atoms with Crippen molar-refractivity contribution in [2.75, 3.05) is 7.05 Å². The summed E-state index contributed by atoms with van der Waals surface area (Å²) in [5, 5.41) is 15.6. The van der Waals surface area contributed by atoms with Gasteiger partial charge in [0, 0.05) is 5.02 Å². The zero-order chi connectivity index (χ0) is 10.7. The Morgan fingerprint density at radius 2 is 2.33 bits per heavy atom. The minimum Gasteiger partial charge on any atom is -0.313 e. The van der Waals surface area contributed by atoms with Crippen LogP contribution in [0.15, 0.2) is 24.3 Å². The van der Waals surface area contributed by atoms with Crippen molar-refractivity contribution in [2.45, 2.75) is 6.54 Å². The first kappa shape index (κ1) is 10.1. The number of tetrazole rings is 1. The van der Waals surface area contributed by atoms with Crippen molar-refractivity contribution in [3.8, 4) is 5.69 Å². The van der Waals surface area contributed by atoms with E-state index in [-0.39, 0.29) is 0 Å². The number of nitrogens with one attached hydrogen (secondary N) is 1. The second-order valence-electron chi connectivity index (χ2n) is 3.01. The van der Waals surface area contributed by atoms with E-state index in [0.29, 0.717) is 17.4 Å². The van der Waals surface area contributed by atoms with Crippen LogP contribution in [-0.4, -0.2) is 27.3 Å². The topological polar surface area (TPSA) is 55.6 Å². The molecule has 5 nitrogen and oxygen atoms in total. The van der Waals surface area contributed by atoms with Crippen LogP contribution in [0, 0.1) is 0 Å². The predicted octanol–water partition coefficient (Wildman–Crippen LogP) is 1.04. The smallest absolute Gasteiger partial charge is 0.188 e. The molecule has 0 amide bonds. The van der Waals surface area contributed by atoms with Crippen LogP contribution in [0.5, 0.6) is 0 Å². The number of hydrogen-bond acceptors (Lipinski definition) is 4. The number of halogens is 1. The summed E-state index contributed by atoms with van der Waals surface area (Å²) in [6.07, 6.45) is 0. The first-order valence-corrected chi connectivity index (χ1v) is 4.87. The van der Waals surface area contributed by atoms with Gasteiger partial charge in [0.25, 0.3) is 0 Å². The van der Waals surface area contributed by atoms with Gasteiger partial charge in [-0.05, 0) is 30.5 Å². The van der Waals surface area contributed by atoms with Gasteiger partial charge in [-0.1, -0.05) is 17.7 Å². The quantitative estimate of drug-likeness (QED) is 0.845. The SMILES string of the molecule is CNCc1nnn(-c2cccc(Cl)c2)n1. The number of nitrogens with zero attached hydrogens (tertiary/aromatic N) is 4. The standard InChI is InChI=1S/C9H10ClN5/c1-11-6-9-12-14-15(13-9)8-4-2-3-7(10)5-8/h2-5,11H,6H2,1H3. The molecule has 78 valence electrons. The molecule has 0 spiro atoms. The van der Waals surface area contributed by atoms with Crippen LogP contribution in [0.4, 0.5) is 0 Å². The van der Waals surface area contributed by atoms with E-state index < -0.39 is 0 Å². The van der Waals surface area contributed by atoms with E-state index in [2.05, 4.69) is 20.7 Å². The van der Waals surface area contributed by atoms with E-state index in [1.54, 1.807) is 12.1 Å². The molecule has 0 aliphatic carbocycles. The highest BCUT2D eigenvalue weighted by Gasteiger charge is 2.03. The number of hydrogen-bond donors (Lipinski definition) is 1. The minimum absolute atomic E-state index is 0.598. The van der Waals surface area contributed by atoms with Gasteiger partial charge in [-0.3, -0.25) is 0 Å². The van der Waals surface area contributed by atoms with Crippen molar-refractivity contribution in [2.24, 2.45) is 0 Å². The summed E-state index contributed by atoms with van der Waals surface area (Å²) < 4.78 is 0. The summed E-state index contributed by atoms with van der Waals surface area (Å²) in [6, 6.07) is 7.30. The predicted molar refractivity (Wildman–Crippen MR) is 56.9 cm³/mol. The summed E-state index contributed by atoms with van der Waals surface area (Å²) in [5.74, 6) is 0.650. The maximum Gasteiger partial charge on any atom is 0.188 e. The highest BCUT2D eigenvalue weighted by atomic mass is 35.5. The molecule has 0 aliphatic rings. The molecule has 6 heteroatoms. The second kappa shape index (κ2) is 4.37. The van der Waals surface area contributed by atoms with E-state index in [9.17, 15) is 0 Å². The zero-order valence-corrected chi connectivity index (χ0v) is 8.94. The first-order valence-electron chi connectivity index (χ1n) is 4.49. The van der Waals surface area contributed by atoms with Crippen LogP contribution in [-0.2, 0) is 6.54 Å². The van der Waals surface area contributed by atoms with Gasteiger partial charge >= 0.3 is 0 Å². The molecule has 0 radical (unpaired) electrons. The van der Waals surface area contributed by atoms with Crippen molar-refractivity contribution in [3.05, 3.63) is 35.1 Å². The van der Waals surface area contributed by atoms with Gasteiger partial charge in [0.05, 0.1) is 12.2 Å². The molecular weight excluding hydrogens is 214 g/mol. The average Bonchev–Trinajstić information content (AvgIpc) is 2.67. The Morgan fingerprint density at radius 1 is 1.47 bits per heavy atom. The molecule has 2 aromatic rings. The third-order valence-corrected chi connectivity index (χ3v) is 2.06. The number of benzene rings is 1. The van der Waals surface area contributed by atoms with Crippen LogP contribution in [0.25, 0.3) is 5.69 Å². The molecule has 1 aromatic heterocycles. The van der Waals surface area contributed by atoms with Crippen LogP contribution < -0.4 is 5.32 Å². The van der Waals surface area contributed by atoms with Gasteiger partial charge in [0.1, 0.15) is 0 Å². The molecule has 0 fully saturated rings. The molecular formula is C9H10ClN5. The first-order chi connectivity index (χ1) is 7.29. The zero-order valence-electron chi connectivity index (χ0n) is 8.18. The summed E-state index contributed by atoms with van der Waals surface area (Å²) in [7, 11) is 1.83. The lowest BCUT2D eigenvalue weighted by molar-refractivity contribution is 0.711. The maximum absolute atomic E-state index is 5.86. The van der Waals surface area contributed by atoms with Crippen molar-refractivity contribution < 1.29 is 0 Å². The fraction of sp³-hybridized carbons (Fsp3) is 0.222. The Kier molecular flexibility index (Phi) is 2.94. The monoisotopic (exact) mass is 223 g/mol. The van der Waals surface area contributed by atoms with E-state index in [1.807, 2.05) is 19.2 Å². The Hall–Kier alpha value is -1.46. The largest absolute Gasteiger partial charge is 0.313 e. The van der Waals surface area contributed by atoms with Gasteiger partial charge in [-0.15, -0.1) is 15.0 Å². The summed E-state index contributed by atoms with van der Waals surface area (Å²) in [4.78, 5) is 1.46. The Morgan fingerprint density at radius 3 is 3.07 bits per heavy atom. The number of aromatic nitrogens is 4. The van der Waals surface area contributed by atoms with Crippen molar-refractivity contribution in [3.63, 3.8) is 0 Å². The highest BCUT2D eigenvalue weighted by molar-refractivity contribution is 6.30. The molecule has 1 heterocycles. The molecule has 0 atom stereocenters. The fourth-order valence-corrected chi connectivity index (χ4v) is 1.37. The van der Waals surface area contributed by atoms with Crippen LogP contribution in [0.2, 0.25) is 5.02 Å². The molecule has 2 rings (SSSR count). The Bertz CT molecular complexity index is 453. The molecule has 0 saturated heterocycles. The van der Waals surface area contributed by atoms with Gasteiger partial charge in [0.2, 0.25) is 0 Å². The van der Waals surface area contributed by atoms with Crippen LogP contribution >= 0.6 is 11.6 Å². The van der Waals surface area contributed by atoms with Gasteiger partial charge < -0.3 is 5.32 Å². The van der Waals surface area contributed by atoms with Gasteiger partial charge in [0.15, 0.2) is 5.82 Å². The molecule has 1 aromatic carbocycles. The van der Waals surface area contributed by atoms with E-state index in [4.69, 9.17) is 11.6 Å². The van der Waals surface area contributed by atoms with Crippen molar-refractivity contribution in [1.29, 1.82) is 0 Å². The average molecular weight is 224 g/mol. The molecule has 1 N–H and O–H groups in total. The molecule has 15 heavy (non-hydrogen) atoms. The molecule has 0 aliphatic heterocycles. The highest BCUT2D eigenvalue weighted by Crippen LogP contribution is 2.12. The Balaban J connectivity index is 2.29. The fourth-order valence-electron chi connectivity index (χ4n) is 1.18. The molecule has 0 saturated carbocycles. The third-order valence-electron chi connectivity index (χ3n) is 1.83. The Labute approximate surface area is 92.1 Å². The van der Waals surface area contributed by atoms with Gasteiger partial charge in [-0.25, -0.2) is 0 Å². The third kappa shape index (κ3) is 2.31. The lowest BCUT2D eigenvalue weighted by atomic mass is 10.3. The van der Waals surface area contributed by atoms with Crippen LogP contribution in [0.3, 0.4) is 0 Å². The summed E-state index contributed by atoms with van der Waals surface area (Å²) in [6.45, 7) is 0.598. The maximum atomic E-state index is 5.86. The van der Waals surface area contributed by atoms with Gasteiger partial charge in [-0.2, -0.15) is 0 Å². The van der Waals surface area contributed by atoms with E-state index in [1.165, 1.54) is 4.80 Å². The van der Waals surface area contributed by atoms with E-state index in [0.717, 1.165) is 5.69 Å². The normalized spacial score (nSPS) is 10.5. The molecule has 0 unspecified atom stereocenters. The number of rotatable bonds is 3. The molecule has 0 bridgehead atoms. The summed E-state index contributed by atoms with van der Waals surface area (Å²) >= 11 is 5.86. The van der Waals surface area contributed by atoms with Crippen molar-refractivity contribution >= 4 is 11.6 Å². The second-order valence-corrected chi connectivity index (χ2v) is 3.44. The van der Waals surface area contributed by atoms with Crippen LogP contribution in [0.1, 0.15) is 5.82 Å². The van der Waals surface area contributed by atoms with E-state index >= 15 is 0 Å². The minimum atomic E-state index is 0.598.